The van der Waals surface area contributed by atoms with Crippen LogP contribution in [-0.4, -0.2) is 17.9 Å². The van der Waals surface area contributed by atoms with E-state index in [1.807, 2.05) is 24.3 Å². The van der Waals surface area contributed by atoms with Gasteiger partial charge in [0.05, 0.1) is 6.21 Å². The van der Waals surface area contributed by atoms with E-state index >= 15 is 0 Å². The fraction of sp³-hybridized carbons (Fsp3) is 0.333. The lowest BCUT2D eigenvalue weighted by molar-refractivity contribution is 0.0529. The van der Waals surface area contributed by atoms with Gasteiger partial charge in [0.1, 0.15) is 5.60 Å². The third-order valence-corrected chi connectivity index (χ3v) is 2.39. The smallest absolute Gasteiger partial charge is 0.428 e. The Morgan fingerprint density at radius 2 is 2.06 bits per heavy atom. The van der Waals surface area contributed by atoms with Gasteiger partial charge in [-0.05, 0) is 26.8 Å². The van der Waals surface area contributed by atoms with Crippen molar-refractivity contribution in [3.05, 3.63) is 34.3 Å². The van der Waals surface area contributed by atoms with Crippen LogP contribution in [0.25, 0.3) is 0 Å². The minimum Gasteiger partial charge on any atom is -0.443 e. The topological polar surface area (TPSA) is 50.7 Å². The molecule has 0 unspecified atom stereocenters. The zero-order valence-corrected chi connectivity index (χ0v) is 11.6. The minimum atomic E-state index is -0.569. The van der Waals surface area contributed by atoms with Crippen LogP contribution < -0.4 is 5.43 Å². The van der Waals surface area contributed by atoms with Gasteiger partial charge in [-0.2, -0.15) is 5.10 Å². The Bertz CT molecular complexity index is 425. The van der Waals surface area contributed by atoms with Gasteiger partial charge in [0, 0.05) is 10.0 Å². The molecule has 1 aromatic rings. The summed E-state index contributed by atoms with van der Waals surface area (Å²) in [5.41, 5.74) is 2.66. The zero-order chi connectivity index (χ0) is 12.9. The predicted molar refractivity (Wildman–Crippen MR) is 71.1 cm³/mol. The molecule has 0 saturated carbocycles. The standard InChI is InChI=1S/C12H15BrN2O2/c1-12(2,3)17-11(16)15-14-8-9-6-4-5-7-10(9)13/h4-8H,1-3H3,(H,15,16)/b14-8+. The Kier molecular flexibility index (Phi) is 4.69. The number of hydrazone groups is 1. The van der Waals surface area contributed by atoms with Crippen LogP contribution in [0.4, 0.5) is 4.79 Å². The van der Waals surface area contributed by atoms with Gasteiger partial charge in [0.15, 0.2) is 0 Å². The van der Waals surface area contributed by atoms with E-state index in [2.05, 4.69) is 26.5 Å². The van der Waals surface area contributed by atoms with Crippen LogP contribution in [0.5, 0.6) is 0 Å². The molecule has 5 heteroatoms. The van der Waals surface area contributed by atoms with Crippen molar-refractivity contribution in [1.29, 1.82) is 0 Å². The summed E-state index contributed by atoms with van der Waals surface area (Å²) in [5.74, 6) is 0. The average Bonchev–Trinajstić information content (AvgIpc) is 2.18. The number of carbonyl (C=O) groups is 1. The molecular formula is C12H15BrN2O2. The van der Waals surface area contributed by atoms with Crippen molar-refractivity contribution >= 4 is 28.2 Å². The van der Waals surface area contributed by atoms with Crippen molar-refractivity contribution < 1.29 is 9.53 Å². The van der Waals surface area contributed by atoms with E-state index in [0.29, 0.717) is 0 Å². The van der Waals surface area contributed by atoms with Gasteiger partial charge in [-0.25, -0.2) is 10.2 Å². The van der Waals surface area contributed by atoms with Crippen molar-refractivity contribution in [2.45, 2.75) is 26.4 Å². The summed E-state index contributed by atoms with van der Waals surface area (Å²) in [5, 5.41) is 3.81. The highest BCUT2D eigenvalue weighted by molar-refractivity contribution is 9.10. The summed E-state index contributed by atoms with van der Waals surface area (Å²) in [7, 11) is 0. The maximum absolute atomic E-state index is 11.3. The summed E-state index contributed by atoms with van der Waals surface area (Å²) < 4.78 is 5.94. The van der Waals surface area contributed by atoms with E-state index in [4.69, 9.17) is 4.74 Å². The quantitative estimate of drug-likeness (QED) is 0.673. The van der Waals surface area contributed by atoms with Crippen LogP contribution in [-0.2, 0) is 4.74 Å². The maximum atomic E-state index is 11.3. The summed E-state index contributed by atoms with van der Waals surface area (Å²) in [6.07, 6.45) is 0.981. The van der Waals surface area contributed by atoms with Crippen molar-refractivity contribution in [2.24, 2.45) is 5.10 Å². The van der Waals surface area contributed by atoms with E-state index < -0.39 is 11.7 Å². The molecule has 0 aromatic heterocycles. The second kappa shape index (κ2) is 5.82. The molecule has 1 rings (SSSR count). The second-order valence-electron chi connectivity index (χ2n) is 4.39. The molecule has 0 radical (unpaired) electrons. The number of hydrogen-bond donors (Lipinski definition) is 1. The lowest BCUT2D eigenvalue weighted by Crippen LogP contribution is -2.29. The molecule has 0 aliphatic carbocycles. The number of carbonyl (C=O) groups excluding carboxylic acids is 1. The molecule has 0 bridgehead atoms. The average molecular weight is 299 g/mol. The number of rotatable bonds is 2. The van der Waals surface area contributed by atoms with Gasteiger partial charge in [-0.3, -0.25) is 0 Å². The van der Waals surface area contributed by atoms with Crippen molar-refractivity contribution in [3.8, 4) is 0 Å². The SMILES string of the molecule is CC(C)(C)OC(=O)N/N=C/c1ccccc1Br. The maximum Gasteiger partial charge on any atom is 0.428 e. The normalized spacial score (nSPS) is 11.5. The number of amides is 1. The zero-order valence-electron chi connectivity index (χ0n) is 10.0. The molecule has 1 aromatic carbocycles. The molecule has 0 heterocycles. The molecule has 92 valence electrons. The van der Waals surface area contributed by atoms with Crippen molar-refractivity contribution in [3.63, 3.8) is 0 Å². The van der Waals surface area contributed by atoms with Crippen LogP contribution in [0.15, 0.2) is 33.8 Å². The first kappa shape index (κ1) is 13.7. The number of nitrogens with one attached hydrogen (secondary N) is 1. The Morgan fingerprint density at radius 3 is 2.65 bits per heavy atom. The molecule has 1 N–H and O–H groups in total. The monoisotopic (exact) mass is 298 g/mol. The minimum absolute atomic E-state index is 0.521. The van der Waals surface area contributed by atoms with E-state index in [1.54, 1.807) is 27.0 Å². The Hall–Kier alpha value is -1.36. The van der Waals surface area contributed by atoms with Crippen LogP contribution in [0.3, 0.4) is 0 Å². The van der Waals surface area contributed by atoms with Gasteiger partial charge in [0.25, 0.3) is 0 Å². The second-order valence-corrected chi connectivity index (χ2v) is 5.25. The van der Waals surface area contributed by atoms with Gasteiger partial charge in [0.2, 0.25) is 0 Å². The molecule has 4 nitrogen and oxygen atoms in total. The lowest BCUT2D eigenvalue weighted by atomic mass is 10.2. The number of nitrogens with zero attached hydrogens (tertiary/aromatic N) is 1. The highest BCUT2D eigenvalue weighted by atomic mass is 79.9. The molecule has 0 aliphatic heterocycles. The highest BCUT2D eigenvalue weighted by Crippen LogP contribution is 2.13. The number of ether oxygens (including phenoxy) is 1. The van der Waals surface area contributed by atoms with Gasteiger partial charge in [-0.15, -0.1) is 0 Å². The van der Waals surface area contributed by atoms with Crippen LogP contribution >= 0.6 is 15.9 Å². The largest absolute Gasteiger partial charge is 0.443 e. The summed E-state index contributed by atoms with van der Waals surface area (Å²) in [4.78, 5) is 11.3. The Balaban J connectivity index is 2.51. The molecular weight excluding hydrogens is 284 g/mol. The first-order chi connectivity index (χ1) is 7.88. The van der Waals surface area contributed by atoms with E-state index in [9.17, 15) is 4.79 Å². The molecule has 0 fully saturated rings. The van der Waals surface area contributed by atoms with E-state index in [-0.39, 0.29) is 0 Å². The van der Waals surface area contributed by atoms with E-state index in [0.717, 1.165) is 10.0 Å². The first-order valence-corrected chi connectivity index (χ1v) is 5.94. The summed E-state index contributed by atoms with van der Waals surface area (Å²) >= 11 is 3.38. The summed E-state index contributed by atoms with van der Waals surface area (Å²) in [6, 6.07) is 7.57. The first-order valence-electron chi connectivity index (χ1n) is 5.15. The van der Waals surface area contributed by atoms with Gasteiger partial charge >= 0.3 is 6.09 Å². The Morgan fingerprint density at radius 1 is 1.41 bits per heavy atom. The number of hydrogen-bond acceptors (Lipinski definition) is 3. The number of benzene rings is 1. The molecule has 0 atom stereocenters. The van der Waals surface area contributed by atoms with Crippen LogP contribution in [0, 0.1) is 0 Å². The van der Waals surface area contributed by atoms with Crippen molar-refractivity contribution in [1.82, 2.24) is 5.43 Å². The van der Waals surface area contributed by atoms with Crippen LogP contribution in [0.2, 0.25) is 0 Å². The van der Waals surface area contributed by atoms with Crippen molar-refractivity contribution in [2.75, 3.05) is 0 Å². The fourth-order valence-electron chi connectivity index (χ4n) is 1.04. The predicted octanol–water partition coefficient (Wildman–Crippen LogP) is 3.31. The van der Waals surface area contributed by atoms with E-state index in [1.165, 1.54) is 0 Å². The highest BCUT2D eigenvalue weighted by Gasteiger charge is 2.15. The lowest BCUT2D eigenvalue weighted by Gasteiger charge is -2.18. The van der Waals surface area contributed by atoms with Gasteiger partial charge in [-0.1, -0.05) is 34.1 Å². The van der Waals surface area contributed by atoms with Gasteiger partial charge < -0.3 is 4.74 Å². The molecule has 1 amide bonds. The fourth-order valence-corrected chi connectivity index (χ4v) is 1.42. The van der Waals surface area contributed by atoms with Crippen LogP contribution in [0.1, 0.15) is 26.3 Å². The Labute approximate surface area is 109 Å². The molecule has 17 heavy (non-hydrogen) atoms. The molecule has 0 aliphatic rings. The third-order valence-electron chi connectivity index (χ3n) is 1.66. The summed E-state index contributed by atoms with van der Waals surface area (Å²) in [6.45, 7) is 5.39. The third kappa shape index (κ3) is 5.49. The molecule has 0 saturated heterocycles. The molecule has 0 spiro atoms. The number of halogens is 1.